The van der Waals surface area contributed by atoms with E-state index in [1.165, 1.54) is 28.0 Å². The second-order valence-electron chi connectivity index (χ2n) is 6.31. The van der Waals surface area contributed by atoms with Gasteiger partial charge in [0.25, 0.3) is 0 Å². The number of aromatic nitrogens is 2. The van der Waals surface area contributed by atoms with Gasteiger partial charge in [0.2, 0.25) is 5.91 Å². The molecule has 10 heteroatoms. The fraction of sp³-hybridized carbons (Fsp3) is 0.438. The number of hydrogen-bond donors (Lipinski definition) is 3. The summed E-state index contributed by atoms with van der Waals surface area (Å²) >= 11 is 2.85. The monoisotopic (exact) mass is 395 g/mol. The molecule has 0 spiro atoms. The van der Waals surface area contributed by atoms with Crippen molar-refractivity contribution < 1.29 is 24.9 Å². The third-order valence-corrected chi connectivity index (χ3v) is 7.00. The number of aliphatic hydroxyl groups excluding tert-OH is 2. The molecule has 0 aliphatic carbocycles. The van der Waals surface area contributed by atoms with Crippen molar-refractivity contribution in [2.24, 2.45) is 5.92 Å². The summed E-state index contributed by atoms with van der Waals surface area (Å²) in [7, 11) is 0. The summed E-state index contributed by atoms with van der Waals surface area (Å²) in [5.41, 5.74) is 0.629. The summed E-state index contributed by atoms with van der Waals surface area (Å²) in [5, 5.41) is 29.2. The molecule has 0 aromatic carbocycles. The van der Waals surface area contributed by atoms with E-state index in [9.17, 15) is 19.8 Å². The summed E-state index contributed by atoms with van der Waals surface area (Å²) in [6.07, 6.45) is 3.09. The number of aliphatic hydroxyl groups is 2. The van der Waals surface area contributed by atoms with Crippen molar-refractivity contribution in [2.45, 2.75) is 30.5 Å². The van der Waals surface area contributed by atoms with Crippen LogP contribution in [0.2, 0.25) is 0 Å². The maximum atomic E-state index is 12.3. The number of carbonyl (C=O) groups excluding carboxylic acids is 1. The Labute approximate surface area is 156 Å². The van der Waals surface area contributed by atoms with Crippen molar-refractivity contribution in [3.8, 4) is 0 Å². The fourth-order valence-electron chi connectivity index (χ4n) is 3.65. The first-order valence-corrected chi connectivity index (χ1v) is 9.92. The van der Waals surface area contributed by atoms with Crippen molar-refractivity contribution in [3.63, 3.8) is 0 Å². The minimum atomic E-state index is -1.13. The first-order chi connectivity index (χ1) is 12.4. The highest BCUT2D eigenvalue weighted by molar-refractivity contribution is 7.99. The van der Waals surface area contributed by atoms with Crippen LogP contribution < -0.4 is 0 Å². The first-order valence-electron chi connectivity index (χ1n) is 8.12. The number of carboxylic acid groups (broad SMARTS) is 1. The van der Waals surface area contributed by atoms with E-state index in [0.29, 0.717) is 17.7 Å². The van der Waals surface area contributed by atoms with E-state index in [2.05, 4.69) is 4.98 Å². The number of fused-ring (bicyclic) bond motifs is 2. The second kappa shape index (κ2) is 6.38. The molecule has 0 radical (unpaired) electrons. The van der Waals surface area contributed by atoms with E-state index >= 15 is 0 Å². The highest BCUT2D eigenvalue weighted by atomic mass is 32.2. The molecule has 4 rings (SSSR count). The van der Waals surface area contributed by atoms with Gasteiger partial charge in [0.15, 0.2) is 0 Å². The van der Waals surface area contributed by atoms with Crippen LogP contribution in [0.25, 0.3) is 10.4 Å². The van der Waals surface area contributed by atoms with E-state index in [4.69, 9.17) is 5.11 Å². The van der Waals surface area contributed by atoms with Gasteiger partial charge in [-0.25, -0.2) is 9.78 Å². The predicted molar refractivity (Wildman–Crippen MR) is 95.9 cm³/mol. The molecule has 8 nitrogen and oxygen atoms in total. The van der Waals surface area contributed by atoms with Gasteiger partial charge in [-0.15, -0.1) is 23.1 Å². The normalized spacial score (nSPS) is 23.5. The van der Waals surface area contributed by atoms with Gasteiger partial charge < -0.3 is 20.2 Å². The molecule has 2 aliphatic heterocycles. The van der Waals surface area contributed by atoms with Crippen LogP contribution in [-0.2, 0) is 9.59 Å². The SMILES string of the molecule is C[C@@H](O)[C@H]1C(=O)N2C(C(=O)O)=C(c3cn4cnc(SCCO)c4s3)C[C@H]12. The summed E-state index contributed by atoms with van der Waals surface area (Å²) < 4.78 is 1.83. The van der Waals surface area contributed by atoms with Crippen LogP contribution in [0.3, 0.4) is 0 Å². The molecule has 1 fully saturated rings. The third-order valence-electron chi connectivity index (χ3n) is 4.74. The molecule has 138 valence electrons. The second-order valence-corrected chi connectivity index (χ2v) is 8.42. The highest BCUT2D eigenvalue weighted by Crippen LogP contribution is 2.48. The molecule has 3 atom stereocenters. The average Bonchev–Trinajstić information content (AvgIpc) is 3.22. The fourth-order valence-corrected chi connectivity index (χ4v) is 5.61. The molecule has 0 unspecified atom stereocenters. The molecule has 1 saturated heterocycles. The van der Waals surface area contributed by atoms with E-state index in [1.54, 1.807) is 13.3 Å². The Morgan fingerprint density at radius 1 is 1.54 bits per heavy atom. The molecule has 0 bridgehead atoms. The van der Waals surface area contributed by atoms with Gasteiger partial charge in [0.1, 0.15) is 21.9 Å². The Kier molecular flexibility index (Phi) is 4.30. The summed E-state index contributed by atoms with van der Waals surface area (Å²) in [4.78, 5) is 31.4. The summed E-state index contributed by atoms with van der Waals surface area (Å²) in [6, 6.07) is -0.300. The molecule has 2 aromatic heterocycles. The minimum absolute atomic E-state index is 0.0129. The van der Waals surface area contributed by atoms with Crippen molar-refractivity contribution in [1.29, 1.82) is 0 Å². The van der Waals surface area contributed by atoms with Crippen LogP contribution in [0, 0.1) is 5.92 Å². The Bertz CT molecular complexity index is 932. The number of nitrogens with zero attached hydrogens (tertiary/aromatic N) is 3. The Morgan fingerprint density at radius 2 is 2.31 bits per heavy atom. The van der Waals surface area contributed by atoms with Gasteiger partial charge >= 0.3 is 5.97 Å². The number of hydrogen-bond acceptors (Lipinski definition) is 7. The molecule has 3 N–H and O–H groups in total. The number of thioether (sulfide) groups is 1. The van der Waals surface area contributed by atoms with E-state index in [-0.39, 0.29) is 24.3 Å². The summed E-state index contributed by atoms with van der Waals surface area (Å²) in [5.74, 6) is -1.49. The number of β-lactam (4-membered cyclic amide) rings is 1. The molecule has 1 amide bonds. The Balaban J connectivity index is 1.73. The highest BCUT2D eigenvalue weighted by Gasteiger charge is 2.56. The van der Waals surface area contributed by atoms with E-state index in [0.717, 1.165) is 14.7 Å². The van der Waals surface area contributed by atoms with E-state index < -0.39 is 18.0 Å². The largest absolute Gasteiger partial charge is 0.477 e. The zero-order valence-electron chi connectivity index (χ0n) is 13.8. The van der Waals surface area contributed by atoms with Crippen LogP contribution in [0.15, 0.2) is 23.2 Å². The Morgan fingerprint density at radius 3 is 2.96 bits per heavy atom. The van der Waals surface area contributed by atoms with Gasteiger partial charge in [-0.05, 0) is 13.3 Å². The van der Waals surface area contributed by atoms with Crippen LogP contribution in [-0.4, -0.2) is 66.0 Å². The van der Waals surface area contributed by atoms with E-state index in [1.807, 2.05) is 10.6 Å². The molecule has 26 heavy (non-hydrogen) atoms. The smallest absolute Gasteiger partial charge is 0.352 e. The number of rotatable bonds is 6. The minimum Gasteiger partial charge on any atom is -0.477 e. The van der Waals surface area contributed by atoms with Crippen LogP contribution >= 0.6 is 23.1 Å². The molecular weight excluding hydrogens is 378 g/mol. The summed E-state index contributed by atoms with van der Waals surface area (Å²) in [6.45, 7) is 1.61. The molecule has 4 heterocycles. The van der Waals surface area contributed by atoms with Gasteiger partial charge in [-0.1, -0.05) is 0 Å². The van der Waals surface area contributed by atoms with Gasteiger partial charge in [0, 0.05) is 17.5 Å². The van der Waals surface area contributed by atoms with Gasteiger partial charge in [-0.3, -0.25) is 9.20 Å². The topological polar surface area (TPSA) is 115 Å². The van der Waals surface area contributed by atoms with Crippen molar-refractivity contribution in [3.05, 3.63) is 23.1 Å². The van der Waals surface area contributed by atoms with Crippen LogP contribution in [0.4, 0.5) is 0 Å². The number of carboxylic acids is 1. The number of carbonyl (C=O) groups is 2. The lowest BCUT2D eigenvalue weighted by Gasteiger charge is -2.44. The first kappa shape index (κ1) is 17.5. The maximum absolute atomic E-state index is 12.3. The van der Waals surface area contributed by atoms with Crippen LogP contribution in [0.5, 0.6) is 0 Å². The lowest BCUT2D eigenvalue weighted by atomic mass is 9.83. The van der Waals surface area contributed by atoms with Crippen molar-refractivity contribution >= 4 is 45.4 Å². The quantitative estimate of drug-likeness (QED) is 0.491. The molecular formula is C16H17N3O5S2. The number of thiazole rings is 1. The predicted octanol–water partition coefficient (Wildman–Crippen LogP) is 0.887. The number of imidazole rings is 1. The van der Waals surface area contributed by atoms with Crippen molar-refractivity contribution in [1.82, 2.24) is 14.3 Å². The molecule has 2 aliphatic rings. The van der Waals surface area contributed by atoms with Crippen molar-refractivity contribution in [2.75, 3.05) is 12.4 Å². The molecule has 0 saturated carbocycles. The molecule has 2 aromatic rings. The van der Waals surface area contributed by atoms with Crippen LogP contribution in [0.1, 0.15) is 18.2 Å². The lowest BCUT2D eigenvalue weighted by Crippen LogP contribution is -2.61. The standard InChI is InChI=1S/C16H17N3O5S2/c1-7(21)11-9-4-8(12(16(23)24)19(9)14(11)22)10-5-18-6-17-13(15(18)26-10)25-3-2-20/h5-7,9,11,20-21H,2-4H2,1H3,(H,23,24)/t7-,9-,11-/m1/s1. The maximum Gasteiger partial charge on any atom is 0.352 e. The number of aliphatic carboxylic acids is 1. The zero-order chi connectivity index (χ0) is 18.6. The Hall–Kier alpha value is -1.88. The third kappa shape index (κ3) is 2.48. The van der Waals surface area contributed by atoms with Gasteiger partial charge in [-0.2, -0.15) is 0 Å². The zero-order valence-corrected chi connectivity index (χ0v) is 15.5. The average molecular weight is 395 g/mol. The van der Waals surface area contributed by atoms with Gasteiger partial charge in [0.05, 0.1) is 29.5 Å². The lowest BCUT2D eigenvalue weighted by molar-refractivity contribution is -0.161. The number of amides is 1.